The molecule has 18 heavy (non-hydrogen) atoms. The molecule has 1 aliphatic rings. The Morgan fingerprint density at radius 1 is 1.22 bits per heavy atom. The van der Waals surface area contributed by atoms with Gasteiger partial charge in [-0.05, 0) is 43.5 Å². The van der Waals surface area contributed by atoms with E-state index in [2.05, 4.69) is 10.3 Å². The second-order valence-electron chi connectivity index (χ2n) is 4.29. The second-order valence-corrected chi connectivity index (χ2v) is 4.29. The highest BCUT2D eigenvalue weighted by atomic mass is 19.1. The molecule has 1 aromatic carbocycles. The molecule has 0 atom stereocenters. The molecule has 0 unspecified atom stereocenters. The summed E-state index contributed by atoms with van der Waals surface area (Å²) in [7, 11) is 0. The van der Waals surface area contributed by atoms with Crippen molar-refractivity contribution in [3.63, 3.8) is 0 Å². The lowest BCUT2D eigenvalue weighted by Gasteiger charge is -2.14. The lowest BCUT2D eigenvalue weighted by atomic mass is 9.96. The van der Waals surface area contributed by atoms with Gasteiger partial charge in [0.25, 0.3) is 0 Å². The maximum Gasteiger partial charge on any atom is 0.123 e. The molecule has 5 heteroatoms. The zero-order valence-corrected chi connectivity index (χ0v) is 9.67. The Hall–Kier alpha value is -2.17. The predicted octanol–water partition coefficient (Wildman–Crippen LogP) is 2.53. The summed E-state index contributed by atoms with van der Waals surface area (Å²) < 4.78 is 14.7. The molecule has 3 rings (SSSR count). The Bertz CT molecular complexity index is 601. The van der Waals surface area contributed by atoms with E-state index in [9.17, 15) is 4.39 Å². The van der Waals surface area contributed by atoms with Crippen molar-refractivity contribution >= 4 is 5.71 Å². The molecule has 1 N–H and O–H groups in total. The fourth-order valence-corrected chi connectivity index (χ4v) is 2.32. The first-order chi connectivity index (χ1) is 8.79. The summed E-state index contributed by atoms with van der Waals surface area (Å²) in [4.78, 5) is 0. The highest BCUT2D eigenvalue weighted by Crippen LogP contribution is 2.24. The van der Waals surface area contributed by atoms with Crippen molar-refractivity contribution in [1.82, 2.24) is 9.78 Å². The first-order valence-corrected chi connectivity index (χ1v) is 5.84. The minimum Gasteiger partial charge on any atom is -0.411 e. The standard InChI is InChI=1S/C13H12FN3O/c14-9-4-6-10(7-5-9)17-13-3-1-2-12(16-18)11(13)8-15-17/h4-8,18H,1-3H2/b16-12-. The maximum atomic E-state index is 12.9. The van der Waals surface area contributed by atoms with Crippen molar-refractivity contribution in [3.05, 3.63) is 47.5 Å². The van der Waals surface area contributed by atoms with Gasteiger partial charge in [-0.3, -0.25) is 0 Å². The number of rotatable bonds is 1. The monoisotopic (exact) mass is 245 g/mol. The number of benzene rings is 1. The zero-order chi connectivity index (χ0) is 12.5. The summed E-state index contributed by atoms with van der Waals surface area (Å²) in [6.07, 6.45) is 4.27. The van der Waals surface area contributed by atoms with Gasteiger partial charge >= 0.3 is 0 Å². The van der Waals surface area contributed by atoms with E-state index in [0.29, 0.717) is 5.71 Å². The Labute approximate surface area is 103 Å². The average Bonchev–Trinajstić information content (AvgIpc) is 2.83. The summed E-state index contributed by atoms with van der Waals surface area (Å²) in [5.41, 5.74) is 3.38. The molecule has 0 saturated carbocycles. The zero-order valence-electron chi connectivity index (χ0n) is 9.67. The van der Waals surface area contributed by atoms with Gasteiger partial charge in [-0.2, -0.15) is 5.10 Å². The van der Waals surface area contributed by atoms with E-state index in [1.807, 2.05) is 0 Å². The number of nitrogens with zero attached hydrogens (tertiary/aromatic N) is 3. The van der Waals surface area contributed by atoms with Crippen molar-refractivity contribution in [2.45, 2.75) is 19.3 Å². The van der Waals surface area contributed by atoms with Crippen molar-refractivity contribution in [2.75, 3.05) is 0 Å². The topological polar surface area (TPSA) is 50.4 Å². The molecule has 0 spiro atoms. The number of hydrogen-bond acceptors (Lipinski definition) is 3. The number of halogens is 1. The van der Waals surface area contributed by atoms with Crippen LogP contribution < -0.4 is 0 Å². The minimum absolute atomic E-state index is 0.266. The van der Waals surface area contributed by atoms with Crippen molar-refractivity contribution in [1.29, 1.82) is 0 Å². The quantitative estimate of drug-likeness (QED) is 0.620. The van der Waals surface area contributed by atoms with E-state index in [-0.39, 0.29) is 5.82 Å². The summed E-state index contributed by atoms with van der Waals surface area (Å²) >= 11 is 0. The van der Waals surface area contributed by atoms with Gasteiger partial charge in [0.15, 0.2) is 0 Å². The molecule has 1 aliphatic carbocycles. The summed E-state index contributed by atoms with van der Waals surface area (Å²) in [5.74, 6) is -0.266. The smallest absolute Gasteiger partial charge is 0.123 e. The molecule has 0 radical (unpaired) electrons. The molecule has 92 valence electrons. The van der Waals surface area contributed by atoms with Crippen LogP contribution in [0.2, 0.25) is 0 Å². The third kappa shape index (κ3) is 1.68. The van der Waals surface area contributed by atoms with E-state index in [1.54, 1.807) is 23.0 Å². The normalized spacial score (nSPS) is 16.8. The second kappa shape index (κ2) is 4.25. The Kier molecular flexibility index (Phi) is 2.59. The number of hydrogen-bond donors (Lipinski definition) is 1. The van der Waals surface area contributed by atoms with Crippen LogP contribution >= 0.6 is 0 Å². The number of aromatic nitrogens is 2. The van der Waals surface area contributed by atoms with E-state index < -0.39 is 0 Å². The third-order valence-corrected chi connectivity index (χ3v) is 3.20. The summed E-state index contributed by atoms with van der Waals surface area (Å²) in [6, 6.07) is 6.19. The molecular weight excluding hydrogens is 233 g/mol. The van der Waals surface area contributed by atoms with Crippen LogP contribution in [0.1, 0.15) is 24.1 Å². The molecule has 1 aromatic heterocycles. The van der Waals surface area contributed by atoms with Crippen LogP contribution in [-0.4, -0.2) is 20.7 Å². The molecule has 0 amide bonds. The van der Waals surface area contributed by atoms with E-state index in [0.717, 1.165) is 36.2 Å². The number of fused-ring (bicyclic) bond motifs is 1. The van der Waals surface area contributed by atoms with Gasteiger partial charge in [-0.25, -0.2) is 9.07 Å². The predicted molar refractivity (Wildman–Crippen MR) is 64.8 cm³/mol. The Balaban J connectivity index is 2.09. The van der Waals surface area contributed by atoms with Crippen molar-refractivity contribution < 1.29 is 9.60 Å². The molecule has 0 bridgehead atoms. The highest BCUT2D eigenvalue weighted by Gasteiger charge is 2.21. The van der Waals surface area contributed by atoms with Crippen LogP contribution in [0.3, 0.4) is 0 Å². The van der Waals surface area contributed by atoms with Crippen LogP contribution in [0.5, 0.6) is 0 Å². The Morgan fingerprint density at radius 2 is 2.00 bits per heavy atom. The lowest BCUT2D eigenvalue weighted by molar-refractivity contribution is 0.317. The van der Waals surface area contributed by atoms with Gasteiger partial charge in [-0.1, -0.05) is 5.16 Å². The van der Waals surface area contributed by atoms with E-state index in [1.165, 1.54) is 12.1 Å². The van der Waals surface area contributed by atoms with Crippen molar-refractivity contribution in [3.8, 4) is 5.69 Å². The first kappa shape index (κ1) is 11.0. The van der Waals surface area contributed by atoms with Crippen LogP contribution in [0.4, 0.5) is 4.39 Å². The molecule has 0 aliphatic heterocycles. The van der Waals surface area contributed by atoms with Gasteiger partial charge in [0, 0.05) is 5.56 Å². The van der Waals surface area contributed by atoms with Crippen LogP contribution in [0, 0.1) is 5.82 Å². The largest absolute Gasteiger partial charge is 0.411 e. The first-order valence-electron chi connectivity index (χ1n) is 5.84. The molecule has 2 aromatic rings. The van der Waals surface area contributed by atoms with Crippen molar-refractivity contribution in [2.24, 2.45) is 5.16 Å². The van der Waals surface area contributed by atoms with Gasteiger partial charge < -0.3 is 5.21 Å². The molecule has 0 saturated heterocycles. The van der Waals surface area contributed by atoms with Crippen LogP contribution in [0.25, 0.3) is 5.69 Å². The third-order valence-electron chi connectivity index (χ3n) is 3.20. The SMILES string of the molecule is O/N=C1/CCCc2c1cnn2-c1ccc(F)cc1. The fraction of sp³-hybridized carbons (Fsp3) is 0.231. The average molecular weight is 245 g/mol. The minimum atomic E-state index is -0.266. The molecule has 1 heterocycles. The highest BCUT2D eigenvalue weighted by molar-refractivity contribution is 6.01. The van der Waals surface area contributed by atoms with Gasteiger partial charge in [0.1, 0.15) is 5.82 Å². The van der Waals surface area contributed by atoms with Gasteiger partial charge in [0.2, 0.25) is 0 Å². The molecular formula is C13H12FN3O. The summed E-state index contributed by atoms with van der Waals surface area (Å²) in [5, 5.41) is 16.6. The van der Waals surface area contributed by atoms with Crippen LogP contribution in [-0.2, 0) is 6.42 Å². The maximum absolute atomic E-state index is 12.9. The molecule has 4 nitrogen and oxygen atoms in total. The van der Waals surface area contributed by atoms with Crippen LogP contribution in [0.15, 0.2) is 35.6 Å². The van der Waals surface area contributed by atoms with Gasteiger partial charge in [-0.15, -0.1) is 0 Å². The lowest BCUT2D eigenvalue weighted by Crippen LogP contribution is -2.13. The van der Waals surface area contributed by atoms with Gasteiger partial charge in [0.05, 0.1) is 23.3 Å². The molecule has 0 fully saturated rings. The Morgan fingerprint density at radius 3 is 2.72 bits per heavy atom. The van der Waals surface area contributed by atoms with E-state index >= 15 is 0 Å². The fourth-order valence-electron chi connectivity index (χ4n) is 2.32. The number of oxime groups is 1. The summed E-state index contributed by atoms with van der Waals surface area (Å²) in [6.45, 7) is 0. The van der Waals surface area contributed by atoms with E-state index in [4.69, 9.17) is 5.21 Å².